The second kappa shape index (κ2) is 5.00. The quantitative estimate of drug-likeness (QED) is 0.470. The van der Waals surface area contributed by atoms with E-state index in [2.05, 4.69) is 15.9 Å². The third-order valence-corrected chi connectivity index (χ3v) is 3.82. The second-order valence-electron chi connectivity index (χ2n) is 3.80. The van der Waals surface area contributed by atoms with Crippen molar-refractivity contribution in [3.05, 3.63) is 32.3 Å². The minimum absolute atomic E-state index is 0.0656. The van der Waals surface area contributed by atoms with Crippen LogP contribution in [0.5, 0.6) is 5.75 Å². The van der Waals surface area contributed by atoms with Gasteiger partial charge in [-0.05, 0) is 12.8 Å². The number of ether oxygens (including phenoxy) is 1. The summed E-state index contributed by atoms with van der Waals surface area (Å²) in [6.45, 7) is 0. The molecule has 1 aliphatic carbocycles. The molecule has 0 aliphatic heterocycles. The van der Waals surface area contributed by atoms with Gasteiger partial charge >= 0.3 is 0 Å². The predicted molar refractivity (Wildman–Crippen MR) is 69.5 cm³/mol. The first-order valence-corrected chi connectivity index (χ1v) is 6.58. The fourth-order valence-electron chi connectivity index (χ4n) is 1.53. The molecule has 0 saturated heterocycles. The molecule has 92 valence electrons. The fraction of sp³-hybridized carbons (Fsp3) is 0.400. The van der Waals surface area contributed by atoms with Gasteiger partial charge < -0.3 is 4.74 Å². The lowest BCUT2D eigenvalue weighted by atomic mass is 9.96. The Morgan fingerprint density at radius 3 is 2.29 bits per heavy atom. The third kappa shape index (κ3) is 2.84. The predicted octanol–water partition coefficient (Wildman–Crippen LogP) is 4.21. The molecule has 0 N–H and O–H groups in total. The number of non-ortho nitro benzene ring substituents is 1. The lowest BCUT2D eigenvalue weighted by Gasteiger charge is -2.32. The molecule has 0 spiro atoms. The van der Waals surface area contributed by atoms with Gasteiger partial charge in [0.05, 0.1) is 15.0 Å². The smallest absolute Gasteiger partial charge is 0.272 e. The van der Waals surface area contributed by atoms with E-state index in [9.17, 15) is 10.1 Å². The summed E-state index contributed by atoms with van der Waals surface area (Å²) < 4.78 is 5.60. The van der Waals surface area contributed by atoms with Gasteiger partial charge in [-0.1, -0.05) is 39.1 Å². The van der Waals surface area contributed by atoms with E-state index in [0.29, 0.717) is 10.6 Å². The Morgan fingerprint density at radius 1 is 1.35 bits per heavy atom. The Balaban J connectivity index is 2.20. The molecule has 0 heterocycles. The van der Waals surface area contributed by atoms with Crippen molar-refractivity contribution in [2.75, 3.05) is 0 Å². The van der Waals surface area contributed by atoms with Crippen LogP contribution in [-0.2, 0) is 0 Å². The number of hydrogen-bond donors (Lipinski definition) is 0. The number of nitro benzene ring substituents is 1. The van der Waals surface area contributed by atoms with Crippen LogP contribution in [-0.4, -0.2) is 15.9 Å². The molecule has 0 bridgehead atoms. The Labute approximate surface area is 116 Å². The van der Waals surface area contributed by atoms with Crippen molar-refractivity contribution in [2.24, 2.45) is 0 Å². The van der Waals surface area contributed by atoms with E-state index in [-0.39, 0.29) is 21.8 Å². The van der Waals surface area contributed by atoms with Gasteiger partial charge in [0.2, 0.25) is 0 Å². The largest absolute Gasteiger partial charge is 0.487 e. The summed E-state index contributed by atoms with van der Waals surface area (Å²) in [4.78, 5) is 10.5. The molecular weight excluding hydrogens is 333 g/mol. The SMILES string of the molecule is O=[N+]([O-])c1cc(Cl)c(OC2CC(Br)C2)c(Cl)c1. The molecule has 0 atom stereocenters. The summed E-state index contributed by atoms with van der Waals surface area (Å²) >= 11 is 15.3. The minimum atomic E-state index is -0.542. The zero-order valence-corrected chi connectivity index (χ0v) is 11.6. The molecule has 2 rings (SSSR count). The molecule has 0 unspecified atom stereocenters. The molecule has 1 saturated carbocycles. The van der Waals surface area contributed by atoms with Gasteiger partial charge in [0.15, 0.2) is 5.75 Å². The van der Waals surface area contributed by atoms with E-state index >= 15 is 0 Å². The van der Waals surface area contributed by atoms with E-state index in [1.165, 1.54) is 12.1 Å². The van der Waals surface area contributed by atoms with Crippen LogP contribution in [0, 0.1) is 10.1 Å². The number of hydrogen-bond acceptors (Lipinski definition) is 3. The fourth-order valence-corrected chi connectivity index (χ4v) is 2.93. The van der Waals surface area contributed by atoms with Crippen molar-refractivity contribution in [3.8, 4) is 5.75 Å². The minimum Gasteiger partial charge on any atom is -0.487 e. The molecule has 4 nitrogen and oxygen atoms in total. The topological polar surface area (TPSA) is 52.4 Å². The van der Waals surface area contributed by atoms with Crippen molar-refractivity contribution >= 4 is 44.8 Å². The second-order valence-corrected chi connectivity index (χ2v) is 5.91. The van der Waals surface area contributed by atoms with Crippen LogP contribution in [0.4, 0.5) is 5.69 Å². The summed E-state index contributed by atoms with van der Waals surface area (Å²) in [5.74, 6) is 0.323. The van der Waals surface area contributed by atoms with Crippen LogP contribution in [0.25, 0.3) is 0 Å². The standard InChI is InChI=1S/C10H8BrCl2NO3/c11-5-1-7(2-5)17-10-8(12)3-6(14(15)16)4-9(10)13/h3-5,7H,1-2H2. The molecule has 7 heteroatoms. The maximum absolute atomic E-state index is 10.6. The number of alkyl halides is 1. The number of rotatable bonds is 3. The average Bonchev–Trinajstić information content (AvgIpc) is 2.19. The highest BCUT2D eigenvalue weighted by Gasteiger charge is 2.30. The first-order valence-electron chi connectivity index (χ1n) is 4.91. The maximum atomic E-state index is 10.6. The van der Waals surface area contributed by atoms with Crippen molar-refractivity contribution in [1.29, 1.82) is 0 Å². The van der Waals surface area contributed by atoms with Crippen LogP contribution in [0.1, 0.15) is 12.8 Å². The van der Waals surface area contributed by atoms with Gasteiger partial charge in [0.25, 0.3) is 5.69 Å². The van der Waals surface area contributed by atoms with Gasteiger partial charge in [-0.3, -0.25) is 10.1 Å². The molecule has 1 aromatic rings. The number of nitrogens with zero attached hydrogens (tertiary/aromatic N) is 1. The summed E-state index contributed by atoms with van der Waals surface area (Å²) in [6, 6.07) is 2.49. The van der Waals surface area contributed by atoms with Crippen molar-refractivity contribution in [2.45, 2.75) is 23.8 Å². The van der Waals surface area contributed by atoms with E-state index in [4.69, 9.17) is 27.9 Å². The van der Waals surface area contributed by atoms with Crippen molar-refractivity contribution in [1.82, 2.24) is 0 Å². The van der Waals surface area contributed by atoms with Crippen molar-refractivity contribution in [3.63, 3.8) is 0 Å². The number of nitro groups is 1. The molecule has 0 amide bonds. The van der Waals surface area contributed by atoms with E-state index in [0.717, 1.165) is 12.8 Å². The van der Waals surface area contributed by atoms with Crippen molar-refractivity contribution < 1.29 is 9.66 Å². The normalized spacial score (nSPS) is 23.0. The van der Waals surface area contributed by atoms with Crippen LogP contribution >= 0.6 is 39.1 Å². The van der Waals surface area contributed by atoms with Gasteiger partial charge in [0, 0.05) is 17.0 Å². The number of halogens is 3. The number of benzene rings is 1. The maximum Gasteiger partial charge on any atom is 0.272 e. The molecule has 1 aromatic carbocycles. The first-order chi connectivity index (χ1) is 7.97. The molecule has 1 aliphatic rings. The van der Waals surface area contributed by atoms with E-state index in [1.807, 2.05) is 0 Å². The highest BCUT2D eigenvalue weighted by atomic mass is 79.9. The first kappa shape index (κ1) is 12.9. The molecular formula is C10H8BrCl2NO3. The lowest BCUT2D eigenvalue weighted by Crippen LogP contribution is -2.34. The van der Waals surface area contributed by atoms with E-state index in [1.54, 1.807) is 0 Å². The Morgan fingerprint density at radius 2 is 1.88 bits per heavy atom. The summed E-state index contributed by atoms with van der Waals surface area (Å²) in [5.41, 5.74) is -0.140. The van der Waals surface area contributed by atoms with Gasteiger partial charge in [0.1, 0.15) is 6.10 Å². The van der Waals surface area contributed by atoms with Gasteiger partial charge in [-0.25, -0.2) is 0 Å². The van der Waals surface area contributed by atoms with Crippen LogP contribution in [0.15, 0.2) is 12.1 Å². The van der Waals surface area contributed by atoms with Gasteiger partial charge in [-0.2, -0.15) is 0 Å². The Bertz CT molecular complexity index is 440. The summed E-state index contributed by atoms with van der Waals surface area (Å²) in [6.07, 6.45) is 1.82. The summed E-state index contributed by atoms with van der Waals surface area (Å²) in [7, 11) is 0. The summed E-state index contributed by atoms with van der Waals surface area (Å²) in [5, 5.41) is 10.9. The molecule has 17 heavy (non-hydrogen) atoms. The van der Waals surface area contributed by atoms with Crippen LogP contribution < -0.4 is 4.74 Å². The Hall–Kier alpha value is -0.520. The molecule has 1 fully saturated rings. The van der Waals surface area contributed by atoms with Gasteiger partial charge in [-0.15, -0.1) is 0 Å². The third-order valence-electron chi connectivity index (χ3n) is 2.52. The highest BCUT2D eigenvalue weighted by Crippen LogP contribution is 2.40. The van der Waals surface area contributed by atoms with E-state index < -0.39 is 4.92 Å². The van der Waals surface area contributed by atoms with Crippen LogP contribution in [0.2, 0.25) is 10.0 Å². The monoisotopic (exact) mass is 339 g/mol. The molecule has 0 aromatic heterocycles. The highest BCUT2D eigenvalue weighted by molar-refractivity contribution is 9.09. The lowest BCUT2D eigenvalue weighted by molar-refractivity contribution is -0.384. The zero-order valence-electron chi connectivity index (χ0n) is 8.53. The average molecular weight is 341 g/mol. The Kier molecular flexibility index (Phi) is 3.80. The molecule has 0 radical (unpaired) electrons. The van der Waals surface area contributed by atoms with Crippen LogP contribution in [0.3, 0.4) is 0 Å². The zero-order chi connectivity index (χ0) is 12.6.